The van der Waals surface area contributed by atoms with Crippen molar-refractivity contribution >= 4 is 34.5 Å². The number of rotatable bonds is 6. The third-order valence-electron chi connectivity index (χ3n) is 2.37. The lowest BCUT2D eigenvalue weighted by atomic mass is 10.2. The number of amides is 1. The van der Waals surface area contributed by atoms with Gasteiger partial charge in [-0.25, -0.2) is 5.43 Å². The van der Waals surface area contributed by atoms with E-state index in [9.17, 15) is 9.00 Å². The molecule has 1 aromatic carbocycles. The standard InChI is InChI=1S/C13H13ClN4O2S/c14-12-7-16-18(8-12)10-21(20)9-13(19)17-15-6-11-4-2-1-3-5-11/h1-8H,9-10H2,(H,17,19)/b15-6-/t21-/m0/s1. The van der Waals surface area contributed by atoms with Gasteiger partial charge in [0.15, 0.2) is 0 Å². The molecule has 0 fully saturated rings. The molecule has 0 saturated heterocycles. The molecule has 6 nitrogen and oxygen atoms in total. The summed E-state index contributed by atoms with van der Waals surface area (Å²) in [4.78, 5) is 11.6. The smallest absolute Gasteiger partial charge is 0.252 e. The van der Waals surface area contributed by atoms with E-state index in [0.717, 1.165) is 5.56 Å². The molecule has 0 unspecified atom stereocenters. The van der Waals surface area contributed by atoms with Gasteiger partial charge in [0.25, 0.3) is 5.91 Å². The lowest BCUT2D eigenvalue weighted by Gasteiger charge is -2.01. The van der Waals surface area contributed by atoms with Crippen molar-refractivity contribution in [2.45, 2.75) is 5.88 Å². The van der Waals surface area contributed by atoms with E-state index >= 15 is 0 Å². The van der Waals surface area contributed by atoms with Crippen LogP contribution in [-0.2, 0) is 21.5 Å². The number of hydrazone groups is 1. The molecule has 1 atom stereocenters. The zero-order valence-electron chi connectivity index (χ0n) is 11.0. The van der Waals surface area contributed by atoms with E-state index in [0.29, 0.717) is 5.02 Å². The first-order valence-corrected chi connectivity index (χ1v) is 7.90. The summed E-state index contributed by atoms with van der Waals surface area (Å²) >= 11 is 5.70. The molecule has 2 aromatic rings. The summed E-state index contributed by atoms with van der Waals surface area (Å²) in [5.41, 5.74) is 3.20. The van der Waals surface area contributed by atoms with E-state index in [4.69, 9.17) is 11.6 Å². The Balaban J connectivity index is 1.76. The van der Waals surface area contributed by atoms with Crippen LogP contribution < -0.4 is 5.43 Å². The van der Waals surface area contributed by atoms with Gasteiger partial charge in [0.1, 0.15) is 11.6 Å². The average Bonchev–Trinajstić information content (AvgIpc) is 2.85. The van der Waals surface area contributed by atoms with Gasteiger partial charge in [0.05, 0.1) is 28.2 Å². The molecule has 1 heterocycles. The van der Waals surface area contributed by atoms with Crippen LogP contribution in [0.25, 0.3) is 0 Å². The fourth-order valence-electron chi connectivity index (χ4n) is 1.50. The maximum absolute atomic E-state index is 11.8. The maximum atomic E-state index is 11.8. The highest BCUT2D eigenvalue weighted by Gasteiger charge is 2.08. The molecule has 1 N–H and O–H groups in total. The normalized spacial score (nSPS) is 12.4. The Bertz CT molecular complexity index is 657. The molecule has 0 bridgehead atoms. The summed E-state index contributed by atoms with van der Waals surface area (Å²) in [7, 11) is -1.38. The van der Waals surface area contributed by atoms with Crippen molar-refractivity contribution in [2.24, 2.45) is 5.10 Å². The molecular formula is C13H13ClN4O2S. The minimum Gasteiger partial charge on any atom is -0.272 e. The molecule has 1 aromatic heterocycles. The highest BCUT2D eigenvalue weighted by atomic mass is 35.5. The number of halogens is 1. The molecule has 21 heavy (non-hydrogen) atoms. The lowest BCUT2D eigenvalue weighted by Crippen LogP contribution is -2.25. The van der Waals surface area contributed by atoms with E-state index < -0.39 is 16.7 Å². The van der Waals surface area contributed by atoms with Crippen LogP contribution in [0, 0.1) is 0 Å². The SMILES string of the molecule is O=C(C[S@](=O)Cn1cc(Cl)cn1)N/N=C\c1ccccc1. The van der Waals surface area contributed by atoms with E-state index in [1.165, 1.54) is 17.1 Å². The van der Waals surface area contributed by atoms with E-state index in [2.05, 4.69) is 15.6 Å². The Hall–Kier alpha value is -1.99. The first-order chi connectivity index (χ1) is 10.1. The summed E-state index contributed by atoms with van der Waals surface area (Å²) in [5, 5.41) is 8.16. The number of aromatic nitrogens is 2. The largest absolute Gasteiger partial charge is 0.272 e. The van der Waals surface area contributed by atoms with Crippen molar-refractivity contribution in [3.8, 4) is 0 Å². The molecule has 1 amide bonds. The summed E-state index contributed by atoms with van der Waals surface area (Å²) in [6.45, 7) is 0. The lowest BCUT2D eigenvalue weighted by molar-refractivity contribution is -0.118. The molecule has 0 aliphatic carbocycles. The highest BCUT2D eigenvalue weighted by molar-refractivity contribution is 7.84. The molecule has 0 saturated carbocycles. The Morgan fingerprint density at radius 3 is 2.86 bits per heavy atom. The number of hydrogen-bond acceptors (Lipinski definition) is 4. The minimum absolute atomic E-state index is 0.114. The van der Waals surface area contributed by atoms with E-state index in [1.807, 2.05) is 30.3 Å². The van der Waals surface area contributed by atoms with Crippen LogP contribution in [0.3, 0.4) is 0 Å². The van der Waals surface area contributed by atoms with Crippen molar-refractivity contribution in [2.75, 3.05) is 5.75 Å². The second-order valence-corrected chi connectivity index (χ2v) is 5.98. The second kappa shape index (κ2) is 7.70. The number of nitrogens with zero attached hydrogens (tertiary/aromatic N) is 3. The van der Waals surface area contributed by atoms with Crippen LogP contribution in [0.1, 0.15) is 5.56 Å². The fourth-order valence-corrected chi connectivity index (χ4v) is 2.54. The second-order valence-electron chi connectivity index (χ2n) is 4.12. The highest BCUT2D eigenvalue weighted by Crippen LogP contribution is 2.05. The third kappa shape index (κ3) is 5.49. The topological polar surface area (TPSA) is 76.3 Å². The number of hydrogen-bond donors (Lipinski definition) is 1. The molecule has 110 valence electrons. The van der Waals surface area contributed by atoms with Gasteiger partial charge in [-0.3, -0.25) is 13.7 Å². The zero-order valence-corrected chi connectivity index (χ0v) is 12.5. The van der Waals surface area contributed by atoms with Crippen LogP contribution in [0.4, 0.5) is 0 Å². The van der Waals surface area contributed by atoms with Gasteiger partial charge in [-0.15, -0.1) is 0 Å². The summed E-state index contributed by atoms with van der Waals surface area (Å²) < 4.78 is 13.2. The monoisotopic (exact) mass is 324 g/mol. The van der Waals surface area contributed by atoms with Gasteiger partial charge in [-0.05, 0) is 5.56 Å². The first kappa shape index (κ1) is 15.4. The van der Waals surface area contributed by atoms with Crippen molar-refractivity contribution < 1.29 is 9.00 Å². The van der Waals surface area contributed by atoms with Crippen molar-refractivity contribution in [3.05, 3.63) is 53.3 Å². The number of benzene rings is 1. The molecule has 8 heteroatoms. The van der Waals surface area contributed by atoms with Crippen molar-refractivity contribution in [1.29, 1.82) is 0 Å². The Labute approximate surface area is 129 Å². The molecular weight excluding hydrogens is 312 g/mol. The van der Waals surface area contributed by atoms with Gasteiger partial charge in [-0.1, -0.05) is 41.9 Å². The van der Waals surface area contributed by atoms with E-state index in [1.54, 1.807) is 6.20 Å². The van der Waals surface area contributed by atoms with Gasteiger partial charge >= 0.3 is 0 Å². The fraction of sp³-hybridized carbons (Fsp3) is 0.154. The predicted octanol–water partition coefficient (Wildman–Crippen LogP) is 1.39. The Kier molecular flexibility index (Phi) is 5.65. The molecule has 2 rings (SSSR count). The van der Waals surface area contributed by atoms with Gasteiger partial charge in [-0.2, -0.15) is 10.2 Å². The minimum atomic E-state index is -1.38. The van der Waals surface area contributed by atoms with E-state index in [-0.39, 0.29) is 11.6 Å². The third-order valence-corrected chi connectivity index (χ3v) is 3.70. The van der Waals surface area contributed by atoms with Gasteiger partial charge in [0, 0.05) is 6.20 Å². The Morgan fingerprint density at radius 2 is 2.19 bits per heavy atom. The van der Waals surface area contributed by atoms with Gasteiger partial charge < -0.3 is 0 Å². The molecule has 0 spiro atoms. The van der Waals surface area contributed by atoms with Crippen molar-refractivity contribution in [3.63, 3.8) is 0 Å². The number of nitrogens with one attached hydrogen (secondary N) is 1. The molecule has 0 aliphatic rings. The summed E-state index contributed by atoms with van der Waals surface area (Å²) in [6, 6.07) is 9.34. The van der Waals surface area contributed by atoms with Crippen LogP contribution in [0.15, 0.2) is 47.8 Å². The first-order valence-electron chi connectivity index (χ1n) is 6.03. The maximum Gasteiger partial charge on any atom is 0.252 e. The zero-order chi connectivity index (χ0) is 15.1. The van der Waals surface area contributed by atoms with Crippen molar-refractivity contribution in [1.82, 2.24) is 15.2 Å². The predicted molar refractivity (Wildman–Crippen MR) is 82.4 cm³/mol. The molecule has 0 radical (unpaired) electrons. The van der Waals surface area contributed by atoms with Gasteiger partial charge in [0.2, 0.25) is 0 Å². The Morgan fingerprint density at radius 1 is 1.43 bits per heavy atom. The van der Waals surface area contributed by atoms with Crippen LogP contribution >= 0.6 is 11.6 Å². The molecule has 0 aliphatic heterocycles. The quantitative estimate of drug-likeness (QED) is 0.644. The van der Waals surface area contributed by atoms with Crippen LogP contribution in [-0.4, -0.2) is 31.9 Å². The van der Waals surface area contributed by atoms with Crippen LogP contribution in [0.2, 0.25) is 5.02 Å². The van der Waals surface area contributed by atoms with Crippen LogP contribution in [0.5, 0.6) is 0 Å². The summed E-state index contributed by atoms with van der Waals surface area (Å²) in [6.07, 6.45) is 4.52. The summed E-state index contributed by atoms with van der Waals surface area (Å²) in [5.74, 6) is -0.453. The number of carbonyl (C=O) groups excluding carboxylic acids is 1. The number of carbonyl (C=O) groups is 1. The average molecular weight is 325 g/mol.